The van der Waals surface area contributed by atoms with Crippen LogP contribution in [0.15, 0.2) is 36.5 Å². The van der Waals surface area contributed by atoms with Crippen LogP contribution in [-0.2, 0) is 0 Å². The van der Waals surface area contributed by atoms with Gasteiger partial charge in [0.05, 0.1) is 21.9 Å². The van der Waals surface area contributed by atoms with Gasteiger partial charge in [0.15, 0.2) is 5.82 Å². The lowest BCUT2D eigenvalue weighted by Gasteiger charge is -2.25. The first-order valence-electron chi connectivity index (χ1n) is 16.2. The van der Waals surface area contributed by atoms with Gasteiger partial charge in [-0.2, -0.15) is 15.2 Å². The Kier molecular flexibility index (Phi) is 7.74. The summed E-state index contributed by atoms with van der Waals surface area (Å²) in [6.07, 6.45) is 3.32. The fraction of sp³-hybridized carbons (Fsp3) is 0.371. The van der Waals surface area contributed by atoms with E-state index >= 15 is 4.39 Å². The molecule has 15 heteroatoms. The molecule has 9 nitrogen and oxygen atoms in total. The van der Waals surface area contributed by atoms with Gasteiger partial charge in [0, 0.05) is 71.9 Å². The third-order valence-electron chi connectivity index (χ3n) is 10.3. The van der Waals surface area contributed by atoms with E-state index in [9.17, 15) is 18.4 Å². The molecule has 5 N–H and O–H groups in total. The van der Waals surface area contributed by atoms with Crippen LogP contribution in [0.2, 0.25) is 5.02 Å². The predicted molar refractivity (Wildman–Crippen MR) is 185 cm³/mol. The monoisotopic (exact) mass is 722 g/mol. The number of halogens is 5. The first-order chi connectivity index (χ1) is 23.9. The Morgan fingerprint density at radius 1 is 1.18 bits per heavy atom. The molecule has 1 aliphatic heterocycles. The summed E-state index contributed by atoms with van der Waals surface area (Å²) in [5, 5.41) is 13.7. The lowest BCUT2D eigenvalue weighted by atomic mass is 9.97. The number of ether oxygens (including phenoxy) is 1. The highest BCUT2D eigenvalue weighted by atomic mass is 35.5. The topological polar surface area (TPSA) is 139 Å². The molecule has 3 atom stereocenters. The number of benzene rings is 2. The Bertz CT molecular complexity index is 2220. The van der Waals surface area contributed by atoms with Crippen LogP contribution in [-0.4, -0.2) is 58.6 Å². The number of fused-ring (bicyclic) bond motifs is 3. The SMILES string of the molecule is C[C@@H](CNc1nc(OCC2(CN3C[C@H]4[C@H](C3)C4(F)F)CC2)nc2c(F)c(-c3ccc(F)c4sc(N)c(C#N)c34)c(Cl)cc12)c1cccnc1N. The van der Waals surface area contributed by atoms with Gasteiger partial charge in [-0.05, 0) is 42.2 Å². The molecule has 3 aromatic heterocycles. The van der Waals surface area contributed by atoms with Crippen LogP contribution in [0.5, 0.6) is 6.01 Å². The molecule has 0 spiro atoms. The smallest absolute Gasteiger partial charge is 0.319 e. The van der Waals surface area contributed by atoms with E-state index in [0.29, 0.717) is 32.0 Å². The van der Waals surface area contributed by atoms with Crippen LogP contribution in [0.25, 0.3) is 32.1 Å². The van der Waals surface area contributed by atoms with Gasteiger partial charge >= 0.3 is 6.01 Å². The molecule has 258 valence electrons. The number of nitrogens with one attached hydrogen (secondary N) is 1. The van der Waals surface area contributed by atoms with Crippen molar-refractivity contribution in [3.63, 3.8) is 0 Å². The second-order valence-electron chi connectivity index (χ2n) is 13.7. The van der Waals surface area contributed by atoms with Crippen molar-refractivity contribution in [1.82, 2.24) is 19.9 Å². The van der Waals surface area contributed by atoms with E-state index in [1.54, 1.807) is 12.3 Å². The number of hydrogen-bond donors (Lipinski definition) is 3. The number of thiophene rings is 1. The van der Waals surface area contributed by atoms with Crippen molar-refractivity contribution in [2.45, 2.75) is 31.6 Å². The Morgan fingerprint density at radius 2 is 1.94 bits per heavy atom. The second-order valence-corrected chi connectivity index (χ2v) is 15.1. The van der Waals surface area contributed by atoms with Crippen LogP contribution < -0.4 is 21.5 Å². The minimum Gasteiger partial charge on any atom is -0.463 e. The second kappa shape index (κ2) is 11.8. The standard InChI is InChI=1S/C35H31ClF4N8OS/c1-16(17-3-2-8-44-30(17)42)11-45-32-19-9-23(36)26(18-4-5-24(37)29-25(18)20(10-41)31(43)50-29)27(38)28(19)46-33(47-32)49-15-34(6-7-34)14-48-12-21-22(13-48)35(21,39)40/h2-5,8-9,16,21-22H,6-7,11-15,43H2,1H3,(H2,42,44)(H,45,46,47)/t16-,21-,22-/m0/s1. The fourth-order valence-electron chi connectivity index (χ4n) is 7.27. The number of nitrogens with zero attached hydrogens (tertiary/aromatic N) is 5. The highest BCUT2D eigenvalue weighted by Crippen LogP contribution is 2.60. The Morgan fingerprint density at radius 3 is 2.64 bits per heavy atom. The zero-order valence-corrected chi connectivity index (χ0v) is 28.3. The number of hydrogen-bond acceptors (Lipinski definition) is 10. The summed E-state index contributed by atoms with van der Waals surface area (Å²) < 4.78 is 65.6. The predicted octanol–water partition coefficient (Wildman–Crippen LogP) is 7.45. The number of rotatable bonds is 10. The largest absolute Gasteiger partial charge is 0.463 e. The van der Waals surface area contributed by atoms with E-state index in [0.717, 1.165) is 29.7 Å². The maximum atomic E-state index is 16.9. The number of alkyl halides is 2. The zero-order valence-electron chi connectivity index (χ0n) is 26.7. The number of nitrogens with two attached hydrogens (primary N) is 2. The molecule has 8 rings (SSSR count). The van der Waals surface area contributed by atoms with Crippen molar-refractivity contribution in [2.75, 3.05) is 49.6 Å². The first-order valence-corrected chi connectivity index (χ1v) is 17.4. The van der Waals surface area contributed by atoms with Gasteiger partial charge in [-0.25, -0.2) is 22.5 Å². The van der Waals surface area contributed by atoms with Crippen LogP contribution in [0.4, 0.5) is 34.2 Å². The third kappa shape index (κ3) is 5.43. The normalized spacial score (nSPS) is 20.8. The summed E-state index contributed by atoms with van der Waals surface area (Å²) in [6.45, 7) is 3.89. The van der Waals surface area contributed by atoms with Gasteiger partial charge in [0.2, 0.25) is 0 Å². The zero-order chi connectivity index (χ0) is 35.1. The molecule has 3 fully saturated rings. The van der Waals surface area contributed by atoms with Gasteiger partial charge < -0.3 is 26.4 Å². The summed E-state index contributed by atoms with van der Waals surface area (Å²) in [6, 6.07) is 9.68. The highest BCUT2D eigenvalue weighted by Gasteiger charge is 2.71. The minimum atomic E-state index is -2.55. The summed E-state index contributed by atoms with van der Waals surface area (Å²) >= 11 is 7.68. The molecular weight excluding hydrogens is 692 g/mol. The Balaban J connectivity index is 1.16. The van der Waals surface area contributed by atoms with Crippen molar-refractivity contribution in [3.05, 3.63) is 64.3 Å². The van der Waals surface area contributed by atoms with Gasteiger partial charge in [-0.15, -0.1) is 11.3 Å². The van der Waals surface area contributed by atoms with Crippen molar-refractivity contribution in [1.29, 1.82) is 5.26 Å². The molecule has 0 amide bonds. The van der Waals surface area contributed by atoms with E-state index in [-0.39, 0.29) is 77.5 Å². The average molecular weight is 723 g/mol. The summed E-state index contributed by atoms with van der Waals surface area (Å²) in [5.41, 5.74) is 12.8. The number of pyridine rings is 1. The molecular formula is C35H31ClF4N8OS. The maximum absolute atomic E-state index is 16.9. The van der Waals surface area contributed by atoms with Gasteiger partial charge in [-0.1, -0.05) is 30.7 Å². The fourth-order valence-corrected chi connectivity index (χ4v) is 8.51. The summed E-state index contributed by atoms with van der Waals surface area (Å²) in [7, 11) is 0. The van der Waals surface area contributed by atoms with Crippen molar-refractivity contribution in [3.8, 4) is 23.2 Å². The maximum Gasteiger partial charge on any atom is 0.319 e. The van der Waals surface area contributed by atoms with E-state index < -0.39 is 29.4 Å². The molecule has 0 radical (unpaired) electrons. The molecule has 1 saturated heterocycles. The molecule has 5 aromatic rings. The molecule has 3 aliphatic rings. The molecule has 50 heavy (non-hydrogen) atoms. The summed E-state index contributed by atoms with van der Waals surface area (Å²) in [5.74, 6) is -4.56. The van der Waals surface area contributed by atoms with E-state index in [4.69, 9.17) is 27.8 Å². The number of nitriles is 1. The number of piperidine rings is 1. The summed E-state index contributed by atoms with van der Waals surface area (Å²) in [4.78, 5) is 15.4. The molecule has 0 unspecified atom stereocenters. The van der Waals surface area contributed by atoms with E-state index in [1.165, 1.54) is 18.2 Å². The van der Waals surface area contributed by atoms with E-state index in [1.807, 2.05) is 19.1 Å². The number of aromatic nitrogens is 3. The number of likely N-dealkylation sites (tertiary alicyclic amines) is 1. The van der Waals surface area contributed by atoms with Crippen LogP contribution >= 0.6 is 22.9 Å². The molecule has 2 aromatic carbocycles. The molecule has 4 heterocycles. The van der Waals surface area contributed by atoms with Gasteiger partial charge in [0.25, 0.3) is 5.92 Å². The van der Waals surface area contributed by atoms with Crippen molar-refractivity contribution in [2.24, 2.45) is 17.3 Å². The van der Waals surface area contributed by atoms with Crippen LogP contribution in [0.3, 0.4) is 0 Å². The lowest BCUT2D eigenvalue weighted by Crippen LogP contribution is -2.35. The molecule has 2 saturated carbocycles. The lowest BCUT2D eigenvalue weighted by molar-refractivity contribution is 0.0460. The number of nitrogen functional groups attached to an aromatic ring is 2. The van der Waals surface area contributed by atoms with Gasteiger partial charge in [-0.3, -0.25) is 0 Å². The quantitative estimate of drug-likeness (QED) is 0.126. The van der Waals surface area contributed by atoms with E-state index in [2.05, 4.69) is 25.2 Å². The van der Waals surface area contributed by atoms with Crippen LogP contribution in [0, 0.1) is 40.2 Å². The Hall–Kier alpha value is -4.45. The number of anilines is 3. The molecule has 2 aliphatic carbocycles. The first kappa shape index (κ1) is 32.7. The van der Waals surface area contributed by atoms with Gasteiger partial charge in [0.1, 0.15) is 34.0 Å². The van der Waals surface area contributed by atoms with Crippen molar-refractivity contribution >= 4 is 60.6 Å². The van der Waals surface area contributed by atoms with Crippen molar-refractivity contribution < 1.29 is 22.3 Å². The molecule has 0 bridgehead atoms. The minimum absolute atomic E-state index is 0.00684. The Labute approximate surface area is 293 Å². The highest BCUT2D eigenvalue weighted by molar-refractivity contribution is 7.23. The van der Waals surface area contributed by atoms with Crippen LogP contribution in [0.1, 0.15) is 36.8 Å². The average Bonchev–Trinajstić information content (AvgIpc) is 3.78. The third-order valence-corrected chi connectivity index (χ3v) is 11.7.